The van der Waals surface area contributed by atoms with Crippen LogP contribution in [0.15, 0.2) is 24.3 Å². The van der Waals surface area contributed by atoms with Crippen molar-refractivity contribution >= 4 is 6.09 Å². The molecule has 1 saturated heterocycles. The second kappa shape index (κ2) is 7.58. The Hall–Kier alpha value is -1.62. The van der Waals surface area contributed by atoms with Gasteiger partial charge in [0.05, 0.1) is 6.61 Å². The fourth-order valence-corrected chi connectivity index (χ4v) is 3.07. The quantitative estimate of drug-likeness (QED) is 0.857. The van der Waals surface area contributed by atoms with Gasteiger partial charge in [0, 0.05) is 31.7 Å². The molecule has 122 valence electrons. The van der Waals surface area contributed by atoms with E-state index in [9.17, 15) is 9.18 Å². The first-order valence-electron chi connectivity index (χ1n) is 7.93. The van der Waals surface area contributed by atoms with Crippen LogP contribution in [0, 0.1) is 5.82 Å². The van der Waals surface area contributed by atoms with Crippen molar-refractivity contribution in [2.24, 2.45) is 0 Å². The van der Waals surface area contributed by atoms with Gasteiger partial charge in [0.15, 0.2) is 0 Å². The van der Waals surface area contributed by atoms with Crippen LogP contribution in [-0.4, -0.2) is 54.2 Å². The summed E-state index contributed by atoms with van der Waals surface area (Å²) in [6, 6.07) is 7.24. The zero-order chi connectivity index (χ0) is 16.1. The van der Waals surface area contributed by atoms with Gasteiger partial charge in [-0.2, -0.15) is 0 Å². The zero-order valence-corrected chi connectivity index (χ0v) is 13.6. The SMILES string of the molecule is CCOC(=O)N1CC(C)N(CCc2ccc(F)cc2)C(C)C1. The summed E-state index contributed by atoms with van der Waals surface area (Å²) in [7, 11) is 0. The van der Waals surface area contributed by atoms with E-state index in [1.165, 1.54) is 12.1 Å². The number of nitrogens with zero attached hydrogens (tertiary/aromatic N) is 2. The molecule has 0 spiro atoms. The third-order valence-electron chi connectivity index (χ3n) is 4.20. The molecule has 1 heterocycles. The summed E-state index contributed by atoms with van der Waals surface area (Å²) in [5.74, 6) is -0.200. The number of hydrogen-bond acceptors (Lipinski definition) is 3. The Morgan fingerprint density at radius 2 is 1.82 bits per heavy atom. The van der Waals surface area contributed by atoms with Crippen molar-refractivity contribution in [3.05, 3.63) is 35.6 Å². The lowest BCUT2D eigenvalue weighted by molar-refractivity contribution is 0.0296. The number of rotatable bonds is 4. The van der Waals surface area contributed by atoms with E-state index in [2.05, 4.69) is 18.7 Å². The van der Waals surface area contributed by atoms with Crippen molar-refractivity contribution in [2.75, 3.05) is 26.2 Å². The molecule has 1 amide bonds. The van der Waals surface area contributed by atoms with E-state index in [-0.39, 0.29) is 24.0 Å². The van der Waals surface area contributed by atoms with E-state index in [0.717, 1.165) is 18.5 Å². The molecule has 4 nitrogen and oxygen atoms in total. The molecule has 0 bridgehead atoms. The van der Waals surface area contributed by atoms with Crippen LogP contribution >= 0.6 is 0 Å². The summed E-state index contributed by atoms with van der Waals surface area (Å²) in [5.41, 5.74) is 1.13. The molecule has 1 fully saturated rings. The summed E-state index contributed by atoms with van der Waals surface area (Å²) < 4.78 is 18.0. The Labute approximate surface area is 131 Å². The van der Waals surface area contributed by atoms with Gasteiger partial charge in [-0.05, 0) is 44.9 Å². The minimum Gasteiger partial charge on any atom is -0.450 e. The van der Waals surface area contributed by atoms with Crippen LogP contribution in [0.5, 0.6) is 0 Å². The molecule has 0 N–H and O–H groups in total. The first kappa shape index (κ1) is 16.7. The van der Waals surface area contributed by atoms with Crippen LogP contribution < -0.4 is 0 Å². The minimum absolute atomic E-state index is 0.200. The average molecular weight is 308 g/mol. The zero-order valence-electron chi connectivity index (χ0n) is 13.6. The Bertz CT molecular complexity index is 480. The molecule has 1 aliphatic rings. The van der Waals surface area contributed by atoms with Gasteiger partial charge < -0.3 is 9.64 Å². The number of hydrogen-bond donors (Lipinski definition) is 0. The molecule has 1 aromatic carbocycles. The van der Waals surface area contributed by atoms with Crippen LogP contribution in [0.4, 0.5) is 9.18 Å². The summed E-state index contributed by atoms with van der Waals surface area (Å²) in [6.07, 6.45) is 0.661. The van der Waals surface area contributed by atoms with E-state index in [1.54, 1.807) is 4.90 Å². The van der Waals surface area contributed by atoms with Gasteiger partial charge >= 0.3 is 6.09 Å². The van der Waals surface area contributed by atoms with Crippen molar-refractivity contribution in [2.45, 2.75) is 39.3 Å². The maximum atomic E-state index is 12.9. The molecule has 1 aromatic rings. The smallest absolute Gasteiger partial charge is 0.409 e. The highest BCUT2D eigenvalue weighted by atomic mass is 19.1. The number of carbonyl (C=O) groups is 1. The van der Waals surface area contributed by atoms with Crippen molar-refractivity contribution < 1.29 is 13.9 Å². The van der Waals surface area contributed by atoms with Crippen molar-refractivity contribution in [1.29, 1.82) is 0 Å². The van der Waals surface area contributed by atoms with E-state index in [4.69, 9.17) is 4.74 Å². The molecule has 1 aliphatic heterocycles. The van der Waals surface area contributed by atoms with Gasteiger partial charge in [0.1, 0.15) is 5.82 Å². The molecule has 2 unspecified atom stereocenters. The summed E-state index contributed by atoms with van der Waals surface area (Å²) in [6.45, 7) is 8.78. The van der Waals surface area contributed by atoms with Crippen LogP contribution in [0.25, 0.3) is 0 Å². The third-order valence-corrected chi connectivity index (χ3v) is 4.20. The van der Waals surface area contributed by atoms with E-state index in [1.807, 2.05) is 19.1 Å². The second-order valence-corrected chi connectivity index (χ2v) is 5.92. The number of piperazine rings is 1. The largest absolute Gasteiger partial charge is 0.450 e. The Morgan fingerprint density at radius 3 is 2.36 bits per heavy atom. The molecule has 0 saturated carbocycles. The monoisotopic (exact) mass is 308 g/mol. The minimum atomic E-state index is -0.223. The predicted octanol–water partition coefficient (Wildman–Crippen LogP) is 2.92. The lowest BCUT2D eigenvalue weighted by Crippen LogP contribution is -2.58. The highest BCUT2D eigenvalue weighted by Gasteiger charge is 2.31. The van der Waals surface area contributed by atoms with E-state index < -0.39 is 0 Å². The number of amides is 1. The number of carbonyl (C=O) groups excluding carboxylic acids is 1. The van der Waals surface area contributed by atoms with E-state index in [0.29, 0.717) is 19.7 Å². The Morgan fingerprint density at radius 1 is 1.23 bits per heavy atom. The van der Waals surface area contributed by atoms with Crippen LogP contribution in [-0.2, 0) is 11.2 Å². The number of halogens is 1. The van der Waals surface area contributed by atoms with Gasteiger partial charge in [-0.25, -0.2) is 9.18 Å². The fourth-order valence-electron chi connectivity index (χ4n) is 3.07. The average Bonchev–Trinajstić information content (AvgIpc) is 2.48. The topological polar surface area (TPSA) is 32.8 Å². The molecule has 2 atom stereocenters. The van der Waals surface area contributed by atoms with Gasteiger partial charge in [-0.15, -0.1) is 0 Å². The lowest BCUT2D eigenvalue weighted by atomic mass is 10.1. The van der Waals surface area contributed by atoms with Crippen LogP contribution in [0.1, 0.15) is 26.3 Å². The lowest BCUT2D eigenvalue weighted by Gasteiger charge is -2.44. The van der Waals surface area contributed by atoms with Gasteiger partial charge in [0.2, 0.25) is 0 Å². The number of ether oxygens (including phenoxy) is 1. The van der Waals surface area contributed by atoms with E-state index >= 15 is 0 Å². The van der Waals surface area contributed by atoms with Crippen LogP contribution in [0.2, 0.25) is 0 Å². The molecule has 0 radical (unpaired) electrons. The first-order chi connectivity index (χ1) is 10.5. The fraction of sp³-hybridized carbons (Fsp3) is 0.588. The summed E-state index contributed by atoms with van der Waals surface area (Å²) in [4.78, 5) is 16.0. The highest BCUT2D eigenvalue weighted by Crippen LogP contribution is 2.17. The maximum Gasteiger partial charge on any atom is 0.409 e. The summed E-state index contributed by atoms with van der Waals surface area (Å²) >= 11 is 0. The van der Waals surface area contributed by atoms with Crippen molar-refractivity contribution in [3.8, 4) is 0 Å². The molecular formula is C17H25FN2O2. The predicted molar refractivity (Wildman–Crippen MR) is 84.3 cm³/mol. The highest BCUT2D eigenvalue weighted by molar-refractivity contribution is 5.67. The van der Waals surface area contributed by atoms with Crippen molar-refractivity contribution in [3.63, 3.8) is 0 Å². The molecule has 2 rings (SSSR count). The third kappa shape index (κ3) is 4.19. The Kier molecular flexibility index (Phi) is 5.77. The Balaban J connectivity index is 1.90. The van der Waals surface area contributed by atoms with Crippen molar-refractivity contribution in [1.82, 2.24) is 9.80 Å². The molecule has 0 aromatic heterocycles. The van der Waals surface area contributed by atoms with Gasteiger partial charge in [-0.3, -0.25) is 4.90 Å². The van der Waals surface area contributed by atoms with Gasteiger partial charge in [0.25, 0.3) is 0 Å². The molecule has 22 heavy (non-hydrogen) atoms. The molecular weight excluding hydrogens is 283 g/mol. The van der Waals surface area contributed by atoms with Crippen LogP contribution in [0.3, 0.4) is 0 Å². The number of benzene rings is 1. The molecule has 5 heteroatoms. The summed E-state index contributed by atoms with van der Waals surface area (Å²) in [5, 5.41) is 0. The standard InChI is InChI=1S/C17H25FN2O2/c1-4-22-17(21)19-11-13(2)20(14(3)12-19)10-9-15-5-7-16(18)8-6-15/h5-8,13-14H,4,9-12H2,1-3H3. The molecule has 0 aliphatic carbocycles. The first-order valence-corrected chi connectivity index (χ1v) is 7.93. The van der Waals surface area contributed by atoms with Gasteiger partial charge in [-0.1, -0.05) is 12.1 Å². The maximum absolute atomic E-state index is 12.9. The normalized spacial score (nSPS) is 22.6. The second-order valence-electron chi connectivity index (χ2n) is 5.92.